The van der Waals surface area contributed by atoms with E-state index in [1.165, 1.54) is 82.2 Å². The van der Waals surface area contributed by atoms with E-state index in [1.807, 2.05) is 12.3 Å². The van der Waals surface area contributed by atoms with Crippen LogP contribution in [-0.2, 0) is 0 Å². The number of nitrogens with zero attached hydrogens (tertiary/aromatic N) is 2. The van der Waals surface area contributed by atoms with Crippen LogP contribution >= 0.6 is 0 Å². The molecule has 0 aliphatic heterocycles. The lowest BCUT2D eigenvalue weighted by Crippen LogP contribution is -1.91. The topological polar surface area (TPSA) is 25.8 Å². The zero-order chi connectivity index (χ0) is 25.9. The Morgan fingerprint density at radius 3 is 1.93 bits per heavy atom. The van der Waals surface area contributed by atoms with Crippen LogP contribution in [0, 0.1) is 0 Å². The first-order valence-electron chi connectivity index (χ1n) is 13.8. The number of benzene rings is 6. The van der Waals surface area contributed by atoms with Gasteiger partial charge in [0, 0.05) is 28.3 Å². The van der Waals surface area contributed by atoms with Crippen molar-refractivity contribution in [1.82, 2.24) is 9.97 Å². The minimum absolute atomic E-state index is 1.02. The summed E-state index contributed by atoms with van der Waals surface area (Å²) in [5.41, 5.74) is 13.2. The van der Waals surface area contributed by atoms with Crippen molar-refractivity contribution in [1.29, 1.82) is 0 Å². The summed E-state index contributed by atoms with van der Waals surface area (Å²) in [5.74, 6) is 0. The molecule has 0 spiro atoms. The molecule has 2 heterocycles. The van der Waals surface area contributed by atoms with Crippen LogP contribution in [0.1, 0.15) is 0 Å². The molecule has 2 aliphatic rings. The molecule has 0 saturated heterocycles. The Labute approximate surface area is 230 Å². The van der Waals surface area contributed by atoms with Crippen molar-refractivity contribution in [2.75, 3.05) is 0 Å². The van der Waals surface area contributed by atoms with Gasteiger partial charge in [-0.3, -0.25) is 4.98 Å². The van der Waals surface area contributed by atoms with Gasteiger partial charge in [-0.15, -0.1) is 0 Å². The Kier molecular flexibility index (Phi) is 3.70. The zero-order valence-corrected chi connectivity index (χ0v) is 21.4. The van der Waals surface area contributed by atoms with Crippen LogP contribution in [0.25, 0.3) is 99.1 Å². The lowest BCUT2D eigenvalue weighted by atomic mass is 9.90. The van der Waals surface area contributed by atoms with E-state index in [-0.39, 0.29) is 0 Å². The summed E-state index contributed by atoms with van der Waals surface area (Å²) < 4.78 is 0. The maximum atomic E-state index is 5.30. The van der Waals surface area contributed by atoms with Gasteiger partial charge < -0.3 is 0 Å². The number of fused-ring (bicyclic) bond motifs is 10. The lowest BCUT2D eigenvalue weighted by molar-refractivity contribution is 1.35. The predicted molar refractivity (Wildman–Crippen MR) is 166 cm³/mol. The van der Waals surface area contributed by atoms with Gasteiger partial charge in [0.2, 0.25) is 0 Å². The number of rotatable bonds is 1. The monoisotopic (exact) mass is 504 g/mol. The third-order valence-electron chi connectivity index (χ3n) is 8.97. The predicted octanol–water partition coefficient (Wildman–Crippen LogP) is 10.1. The van der Waals surface area contributed by atoms with Gasteiger partial charge >= 0.3 is 0 Å². The molecule has 8 aromatic rings. The third-order valence-corrected chi connectivity index (χ3v) is 8.97. The molecule has 0 unspecified atom stereocenters. The standard InChI is InChI=1S/C38H20N2/c1-4-11-24-21(8-1)25-14-6-16-34-37(25)32(24)20-35(40-34)31-18-30-27-13-5-12-26-28-15-7-17-39-38(28)33(36(26)27)19-29(30)22-9-2-3-10-23(22)31/h1-20H. The summed E-state index contributed by atoms with van der Waals surface area (Å²) in [7, 11) is 0. The highest BCUT2D eigenvalue weighted by Gasteiger charge is 2.26. The molecule has 0 atom stereocenters. The number of aromatic nitrogens is 2. The molecule has 0 N–H and O–H groups in total. The van der Waals surface area contributed by atoms with Crippen molar-refractivity contribution in [3.8, 4) is 55.9 Å². The smallest absolute Gasteiger partial charge is 0.0787 e. The molecule has 2 aromatic heterocycles. The quantitative estimate of drug-likeness (QED) is 0.208. The first kappa shape index (κ1) is 20.6. The van der Waals surface area contributed by atoms with Crippen molar-refractivity contribution >= 4 is 43.2 Å². The molecule has 40 heavy (non-hydrogen) atoms. The van der Waals surface area contributed by atoms with Gasteiger partial charge in [-0.25, -0.2) is 4.98 Å². The molecule has 0 bridgehead atoms. The summed E-state index contributed by atoms with van der Waals surface area (Å²) in [6.07, 6.45) is 1.90. The second kappa shape index (κ2) is 7.19. The Balaban J connectivity index is 1.35. The molecule has 0 radical (unpaired) electrons. The van der Waals surface area contributed by atoms with Crippen LogP contribution in [0.5, 0.6) is 0 Å². The Bertz CT molecular complexity index is 2430. The number of hydrogen-bond donors (Lipinski definition) is 0. The molecular weight excluding hydrogens is 484 g/mol. The maximum absolute atomic E-state index is 5.30. The fraction of sp³-hybridized carbons (Fsp3) is 0. The van der Waals surface area contributed by atoms with Gasteiger partial charge in [0.25, 0.3) is 0 Å². The van der Waals surface area contributed by atoms with E-state index < -0.39 is 0 Å². The second-order valence-corrected chi connectivity index (χ2v) is 10.9. The summed E-state index contributed by atoms with van der Waals surface area (Å²) in [6, 6.07) is 42.0. The van der Waals surface area contributed by atoms with Crippen LogP contribution in [0.4, 0.5) is 0 Å². The molecule has 0 saturated carbocycles. The first-order chi connectivity index (χ1) is 19.8. The van der Waals surface area contributed by atoms with Gasteiger partial charge in [-0.1, -0.05) is 84.9 Å². The summed E-state index contributed by atoms with van der Waals surface area (Å²) >= 11 is 0. The maximum Gasteiger partial charge on any atom is 0.0787 e. The van der Waals surface area contributed by atoms with Crippen molar-refractivity contribution in [2.24, 2.45) is 0 Å². The second-order valence-electron chi connectivity index (χ2n) is 10.9. The van der Waals surface area contributed by atoms with E-state index >= 15 is 0 Å². The normalized spacial score (nSPS) is 12.5. The van der Waals surface area contributed by atoms with Crippen LogP contribution in [0.2, 0.25) is 0 Å². The van der Waals surface area contributed by atoms with Crippen molar-refractivity contribution in [3.05, 3.63) is 121 Å². The molecule has 0 amide bonds. The molecule has 182 valence electrons. The highest BCUT2D eigenvalue weighted by Crippen LogP contribution is 2.51. The van der Waals surface area contributed by atoms with Gasteiger partial charge in [-0.2, -0.15) is 0 Å². The molecule has 2 nitrogen and oxygen atoms in total. The van der Waals surface area contributed by atoms with E-state index in [0.717, 1.165) is 16.9 Å². The van der Waals surface area contributed by atoms with Gasteiger partial charge in [0.05, 0.1) is 16.9 Å². The molecule has 10 rings (SSSR count). The van der Waals surface area contributed by atoms with Crippen LogP contribution in [-0.4, -0.2) is 9.97 Å². The highest BCUT2D eigenvalue weighted by atomic mass is 14.7. The zero-order valence-electron chi connectivity index (χ0n) is 21.4. The van der Waals surface area contributed by atoms with E-state index in [2.05, 4.69) is 109 Å². The Hall–Kier alpha value is -5.34. The number of pyridine rings is 2. The van der Waals surface area contributed by atoms with Crippen LogP contribution < -0.4 is 0 Å². The summed E-state index contributed by atoms with van der Waals surface area (Å²) in [5, 5.41) is 8.81. The van der Waals surface area contributed by atoms with Gasteiger partial charge in [-0.05, 0) is 90.5 Å². The van der Waals surface area contributed by atoms with E-state index in [4.69, 9.17) is 9.97 Å². The molecular formula is C38H20N2. The fourth-order valence-electron chi connectivity index (χ4n) is 7.33. The first-order valence-corrected chi connectivity index (χ1v) is 13.8. The lowest BCUT2D eigenvalue weighted by Gasteiger charge is -2.15. The van der Waals surface area contributed by atoms with E-state index in [9.17, 15) is 0 Å². The average molecular weight is 505 g/mol. The fourth-order valence-corrected chi connectivity index (χ4v) is 7.33. The molecule has 2 heteroatoms. The minimum Gasteiger partial charge on any atom is -0.256 e. The summed E-state index contributed by atoms with van der Waals surface area (Å²) in [6.45, 7) is 0. The van der Waals surface area contributed by atoms with Crippen LogP contribution in [0.3, 0.4) is 0 Å². The van der Waals surface area contributed by atoms with Crippen molar-refractivity contribution in [2.45, 2.75) is 0 Å². The minimum atomic E-state index is 1.02. The van der Waals surface area contributed by atoms with Crippen molar-refractivity contribution in [3.63, 3.8) is 0 Å². The van der Waals surface area contributed by atoms with E-state index in [1.54, 1.807) is 0 Å². The van der Waals surface area contributed by atoms with Crippen LogP contribution in [0.15, 0.2) is 121 Å². The third kappa shape index (κ3) is 2.45. The average Bonchev–Trinajstić information content (AvgIpc) is 3.52. The number of hydrogen-bond acceptors (Lipinski definition) is 2. The Morgan fingerprint density at radius 1 is 0.375 bits per heavy atom. The molecule has 6 aromatic carbocycles. The highest BCUT2D eigenvalue weighted by molar-refractivity contribution is 6.28. The van der Waals surface area contributed by atoms with Gasteiger partial charge in [0.15, 0.2) is 0 Å². The largest absolute Gasteiger partial charge is 0.256 e. The SMILES string of the molecule is c1ccc2c(c1)-c1cccc3nc(-c4cc5c6cccc7c6c(cc5c5ccccc45)-c4ncccc4-7)cc-2c13. The summed E-state index contributed by atoms with van der Waals surface area (Å²) in [4.78, 5) is 10.1. The Morgan fingerprint density at radius 2 is 1.02 bits per heavy atom. The van der Waals surface area contributed by atoms with Gasteiger partial charge in [0.1, 0.15) is 0 Å². The molecule has 0 fully saturated rings. The van der Waals surface area contributed by atoms with Crippen molar-refractivity contribution < 1.29 is 0 Å². The van der Waals surface area contributed by atoms with E-state index in [0.29, 0.717) is 0 Å². The molecule has 2 aliphatic carbocycles.